The Bertz CT molecular complexity index is 342. The second-order valence-corrected chi connectivity index (χ2v) is 4.75. The zero-order chi connectivity index (χ0) is 10.2. The van der Waals surface area contributed by atoms with Crippen molar-refractivity contribution in [3.63, 3.8) is 0 Å². The van der Waals surface area contributed by atoms with Crippen molar-refractivity contribution >= 4 is 5.69 Å². The number of anilines is 1. The van der Waals surface area contributed by atoms with Gasteiger partial charge in [0.25, 0.3) is 0 Å². The van der Waals surface area contributed by atoms with Crippen LogP contribution < -0.4 is 10.6 Å². The highest BCUT2D eigenvalue weighted by Crippen LogP contribution is 2.21. The minimum absolute atomic E-state index is 0.174. The lowest BCUT2D eigenvalue weighted by atomic mass is 10.1. The van der Waals surface area contributed by atoms with Crippen LogP contribution >= 0.6 is 0 Å². The molecule has 0 saturated heterocycles. The summed E-state index contributed by atoms with van der Waals surface area (Å²) in [6.45, 7) is 8.51. The van der Waals surface area contributed by atoms with Gasteiger partial charge in [-0.1, -0.05) is 17.7 Å². The zero-order valence-corrected chi connectivity index (χ0v) is 9.15. The van der Waals surface area contributed by atoms with Crippen molar-refractivity contribution in [1.29, 1.82) is 0 Å². The van der Waals surface area contributed by atoms with Crippen molar-refractivity contribution in [3.05, 3.63) is 29.3 Å². The SMILES string of the molecule is Cc1ccc2c(c1)CNC(C)(C)CN2. The number of aryl methyl sites for hydroxylation is 1. The summed E-state index contributed by atoms with van der Waals surface area (Å²) in [5.74, 6) is 0. The molecule has 1 aromatic carbocycles. The van der Waals surface area contributed by atoms with Crippen molar-refractivity contribution in [2.45, 2.75) is 32.9 Å². The molecule has 0 unspecified atom stereocenters. The van der Waals surface area contributed by atoms with Crippen LogP contribution in [0.1, 0.15) is 25.0 Å². The molecule has 2 nitrogen and oxygen atoms in total. The van der Waals surface area contributed by atoms with Gasteiger partial charge < -0.3 is 10.6 Å². The summed E-state index contributed by atoms with van der Waals surface area (Å²) in [4.78, 5) is 0. The van der Waals surface area contributed by atoms with Crippen molar-refractivity contribution in [3.8, 4) is 0 Å². The van der Waals surface area contributed by atoms with Crippen LogP contribution in [-0.4, -0.2) is 12.1 Å². The van der Waals surface area contributed by atoms with Crippen LogP contribution in [0.5, 0.6) is 0 Å². The van der Waals surface area contributed by atoms with Crippen LogP contribution in [0, 0.1) is 6.92 Å². The number of fused-ring (bicyclic) bond motifs is 1. The first-order valence-corrected chi connectivity index (χ1v) is 5.15. The molecule has 1 aliphatic rings. The second kappa shape index (κ2) is 3.28. The van der Waals surface area contributed by atoms with Gasteiger partial charge in [-0.05, 0) is 32.4 Å². The average Bonchev–Trinajstić information content (AvgIpc) is 2.26. The largest absolute Gasteiger partial charge is 0.383 e. The van der Waals surface area contributed by atoms with Crippen LogP contribution in [0.25, 0.3) is 0 Å². The number of benzene rings is 1. The molecule has 0 aliphatic carbocycles. The van der Waals surface area contributed by atoms with Crippen LogP contribution in [0.15, 0.2) is 18.2 Å². The Labute approximate surface area is 85.7 Å². The fourth-order valence-corrected chi connectivity index (χ4v) is 1.75. The van der Waals surface area contributed by atoms with Gasteiger partial charge in [0.2, 0.25) is 0 Å². The summed E-state index contributed by atoms with van der Waals surface area (Å²) >= 11 is 0. The molecule has 0 atom stereocenters. The van der Waals surface area contributed by atoms with Gasteiger partial charge in [0.05, 0.1) is 0 Å². The maximum Gasteiger partial charge on any atom is 0.0386 e. The third kappa shape index (κ3) is 1.90. The third-order valence-electron chi connectivity index (χ3n) is 2.74. The second-order valence-electron chi connectivity index (χ2n) is 4.75. The number of hydrogen-bond acceptors (Lipinski definition) is 2. The summed E-state index contributed by atoms with van der Waals surface area (Å²) in [6, 6.07) is 6.58. The van der Waals surface area contributed by atoms with E-state index < -0.39 is 0 Å². The molecule has 1 aliphatic heterocycles. The fourth-order valence-electron chi connectivity index (χ4n) is 1.75. The predicted molar refractivity (Wildman–Crippen MR) is 60.6 cm³/mol. The standard InChI is InChI=1S/C12H18N2/c1-9-4-5-11-10(6-9)7-14-12(2,3)8-13-11/h4-6,13-14H,7-8H2,1-3H3. The van der Waals surface area contributed by atoms with Crippen molar-refractivity contribution in [1.82, 2.24) is 5.32 Å². The fraction of sp³-hybridized carbons (Fsp3) is 0.500. The Kier molecular flexibility index (Phi) is 2.23. The normalized spacial score (nSPS) is 19.4. The molecule has 0 radical (unpaired) electrons. The lowest BCUT2D eigenvalue weighted by Crippen LogP contribution is -2.42. The van der Waals surface area contributed by atoms with Crippen LogP contribution in [-0.2, 0) is 6.54 Å². The molecule has 0 spiro atoms. The molecule has 0 bridgehead atoms. The van der Waals surface area contributed by atoms with Gasteiger partial charge in [-0.15, -0.1) is 0 Å². The van der Waals surface area contributed by atoms with E-state index in [-0.39, 0.29) is 5.54 Å². The van der Waals surface area contributed by atoms with E-state index in [0.29, 0.717) is 0 Å². The summed E-state index contributed by atoms with van der Waals surface area (Å²) in [5, 5.41) is 7.02. The monoisotopic (exact) mass is 190 g/mol. The lowest BCUT2D eigenvalue weighted by molar-refractivity contribution is 0.414. The molecule has 0 fully saturated rings. The van der Waals surface area contributed by atoms with E-state index >= 15 is 0 Å². The van der Waals surface area contributed by atoms with E-state index in [4.69, 9.17) is 0 Å². The smallest absolute Gasteiger partial charge is 0.0386 e. The molecule has 1 heterocycles. The molecule has 2 heteroatoms. The third-order valence-corrected chi connectivity index (χ3v) is 2.74. The van der Waals surface area contributed by atoms with Gasteiger partial charge in [-0.2, -0.15) is 0 Å². The molecule has 2 N–H and O–H groups in total. The van der Waals surface area contributed by atoms with E-state index in [1.807, 2.05) is 0 Å². The molecule has 0 aromatic heterocycles. The Hall–Kier alpha value is -1.02. The summed E-state index contributed by atoms with van der Waals surface area (Å²) in [5.41, 5.74) is 4.14. The number of hydrogen-bond donors (Lipinski definition) is 2. The molecule has 76 valence electrons. The average molecular weight is 190 g/mol. The lowest BCUT2D eigenvalue weighted by Gasteiger charge is -2.23. The quantitative estimate of drug-likeness (QED) is 0.656. The minimum Gasteiger partial charge on any atom is -0.383 e. The molecule has 2 rings (SSSR count). The van der Waals surface area contributed by atoms with E-state index in [9.17, 15) is 0 Å². The molecular formula is C12H18N2. The number of nitrogens with one attached hydrogen (secondary N) is 2. The Morgan fingerprint density at radius 3 is 2.86 bits per heavy atom. The topological polar surface area (TPSA) is 24.1 Å². The molecule has 0 saturated carbocycles. The van der Waals surface area contributed by atoms with Crippen molar-refractivity contribution in [2.24, 2.45) is 0 Å². The molecular weight excluding hydrogens is 172 g/mol. The first-order chi connectivity index (χ1) is 6.57. The highest BCUT2D eigenvalue weighted by Gasteiger charge is 2.20. The van der Waals surface area contributed by atoms with Crippen LogP contribution in [0.3, 0.4) is 0 Å². The Morgan fingerprint density at radius 2 is 2.07 bits per heavy atom. The van der Waals surface area contributed by atoms with E-state index in [1.54, 1.807) is 0 Å². The first-order valence-electron chi connectivity index (χ1n) is 5.15. The highest BCUT2D eigenvalue weighted by molar-refractivity contribution is 5.53. The highest BCUT2D eigenvalue weighted by atomic mass is 15.0. The van der Waals surface area contributed by atoms with E-state index in [0.717, 1.165) is 13.1 Å². The summed E-state index contributed by atoms with van der Waals surface area (Å²) in [7, 11) is 0. The summed E-state index contributed by atoms with van der Waals surface area (Å²) in [6.07, 6.45) is 0. The van der Waals surface area contributed by atoms with Gasteiger partial charge in [0.15, 0.2) is 0 Å². The Balaban J connectivity index is 2.30. The first kappa shape index (κ1) is 9.53. The van der Waals surface area contributed by atoms with Crippen molar-refractivity contribution < 1.29 is 0 Å². The maximum atomic E-state index is 3.54. The molecule has 0 amide bonds. The van der Waals surface area contributed by atoms with Gasteiger partial charge in [0.1, 0.15) is 0 Å². The molecule has 14 heavy (non-hydrogen) atoms. The van der Waals surface area contributed by atoms with E-state index in [1.165, 1.54) is 16.8 Å². The van der Waals surface area contributed by atoms with Crippen molar-refractivity contribution in [2.75, 3.05) is 11.9 Å². The van der Waals surface area contributed by atoms with Gasteiger partial charge in [0, 0.05) is 24.3 Å². The minimum atomic E-state index is 0.174. The van der Waals surface area contributed by atoms with E-state index in [2.05, 4.69) is 49.6 Å². The van der Waals surface area contributed by atoms with Crippen LogP contribution in [0.2, 0.25) is 0 Å². The zero-order valence-electron chi connectivity index (χ0n) is 9.15. The van der Waals surface area contributed by atoms with Crippen LogP contribution in [0.4, 0.5) is 5.69 Å². The predicted octanol–water partition coefficient (Wildman–Crippen LogP) is 2.29. The maximum absolute atomic E-state index is 3.54. The summed E-state index contributed by atoms with van der Waals surface area (Å²) < 4.78 is 0. The van der Waals surface area contributed by atoms with Gasteiger partial charge >= 0.3 is 0 Å². The van der Waals surface area contributed by atoms with Gasteiger partial charge in [-0.3, -0.25) is 0 Å². The Morgan fingerprint density at radius 1 is 1.29 bits per heavy atom. The number of rotatable bonds is 0. The van der Waals surface area contributed by atoms with Gasteiger partial charge in [-0.25, -0.2) is 0 Å². The molecule has 1 aromatic rings.